The van der Waals surface area contributed by atoms with Crippen molar-refractivity contribution < 1.29 is 19.4 Å². The molecule has 0 fully saturated rings. The molecule has 3 rings (SSSR count). The Hall–Kier alpha value is -2.36. The maximum Gasteiger partial charge on any atom is 0.323 e. The number of nitrogens with one attached hydrogen (secondary N) is 1. The molecule has 0 aliphatic heterocycles. The molecule has 0 saturated carbocycles. The van der Waals surface area contributed by atoms with Gasteiger partial charge in [0.15, 0.2) is 5.16 Å². The molecule has 2 unspecified atom stereocenters. The topological polar surface area (TPSA) is 90.4 Å². The molecule has 0 saturated heterocycles. The number of aliphatic carboxylic acids is 1. The lowest BCUT2D eigenvalue weighted by Crippen LogP contribution is -2.32. The number of carbonyl (C=O) groups is 1. The SMILES string of the molecule is O=C(O)C(CCCCc1c[nH]c2ccccc12)(c1ccccc1)[PH](=O)O. The van der Waals surface area contributed by atoms with Crippen LogP contribution in [0.25, 0.3) is 10.9 Å². The van der Waals surface area contributed by atoms with Gasteiger partial charge in [0, 0.05) is 17.1 Å². The van der Waals surface area contributed by atoms with Crippen molar-refractivity contribution in [3.8, 4) is 0 Å². The minimum Gasteiger partial charge on any atom is -0.480 e. The first kappa shape index (κ1) is 18.4. The number of carboxylic acids is 1. The van der Waals surface area contributed by atoms with Crippen LogP contribution in [0.3, 0.4) is 0 Å². The number of H-pyrrole nitrogens is 1. The van der Waals surface area contributed by atoms with Gasteiger partial charge in [0.05, 0.1) is 0 Å². The van der Waals surface area contributed by atoms with Crippen molar-refractivity contribution in [1.29, 1.82) is 0 Å². The van der Waals surface area contributed by atoms with E-state index in [1.54, 1.807) is 30.3 Å². The average Bonchev–Trinajstić information content (AvgIpc) is 3.05. The number of hydrogen-bond donors (Lipinski definition) is 3. The second-order valence-electron chi connectivity index (χ2n) is 6.45. The monoisotopic (exact) mass is 371 g/mol. The quantitative estimate of drug-likeness (QED) is 0.406. The zero-order chi connectivity index (χ0) is 18.6. The fraction of sp³-hybridized carbons (Fsp3) is 0.250. The number of unbranched alkanes of at least 4 members (excludes halogenated alkanes) is 1. The van der Waals surface area contributed by atoms with Gasteiger partial charge in [-0.05, 0) is 36.5 Å². The van der Waals surface area contributed by atoms with Gasteiger partial charge in [-0.25, -0.2) is 0 Å². The molecule has 3 N–H and O–H groups in total. The van der Waals surface area contributed by atoms with E-state index in [0.29, 0.717) is 12.0 Å². The molecule has 0 aliphatic rings. The van der Waals surface area contributed by atoms with Gasteiger partial charge in [-0.2, -0.15) is 0 Å². The van der Waals surface area contributed by atoms with E-state index in [4.69, 9.17) is 0 Å². The van der Waals surface area contributed by atoms with E-state index in [9.17, 15) is 19.4 Å². The Labute approximate surface area is 152 Å². The van der Waals surface area contributed by atoms with Crippen molar-refractivity contribution in [3.63, 3.8) is 0 Å². The number of carboxylic acid groups (broad SMARTS) is 1. The van der Waals surface area contributed by atoms with Crippen LogP contribution in [0.4, 0.5) is 0 Å². The van der Waals surface area contributed by atoms with E-state index in [1.165, 1.54) is 5.56 Å². The molecule has 1 heterocycles. The van der Waals surface area contributed by atoms with Gasteiger partial charge in [0.25, 0.3) is 0 Å². The summed E-state index contributed by atoms with van der Waals surface area (Å²) in [5, 5.41) is 9.18. The summed E-state index contributed by atoms with van der Waals surface area (Å²) in [4.78, 5) is 25.0. The number of aromatic nitrogens is 1. The number of fused-ring (bicyclic) bond motifs is 1. The van der Waals surface area contributed by atoms with Gasteiger partial charge < -0.3 is 15.0 Å². The predicted molar refractivity (Wildman–Crippen MR) is 103 cm³/mol. The van der Waals surface area contributed by atoms with E-state index < -0.39 is 19.2 Å². The smallest absolute Gasteiger partial charge is 0.323 e. The van der Waals surface area contributed by atoms with Crippen molar-refractivity contribution in [2.45, 2.75) is 30.8 Å². The van der Waals surface area contributed by atoms with Gasteiger partial charge in [0.1, 0.15) is 0 Å². The van der Waals surface area contributed by atoms with Gasteiger partial charge in [-0.15, -0.1) is 0 Å². The Morgan fingerprint density at radius 3 is 2.42 bits per heavy atom. The second-order valence-corrected chi connectivity index (χ2v) is 7.91. The number of aromatic amines is 1. The Morgan fingerprint density at radius 2 is 1.73 bits per heavy atom. The highest BCUT2D eigenvalue weighted by Crippen LogP contribution is 2.48. The Kier molecular flexibility index (Phi) is 5.60. The maximum atomic E-state index is 12.1. The Morgan fingerprint density at radius 1 is 1.04 bits per heavy atom. The standard InChI is InChI=1S/C20H22NO4P/c22-19(23)20(26(24)25,16-9-2-1-3-10-16)13-7-6-8-15-14-21-18-12-5-4-11-17(15)18/h1-5,9-12,14,21,26H,6-8,13H2,(H,22,23)(H,24,25). The van der Waals surface area contributed by atoms with Crippen molar-refractivity contribution in [3.05, 3.63) is 71.9 Å². The van der Waals surface area contributed by atoms with E-state index in [-0.39, 0.29) is 6.42 Å². The van der Waals surface area contributed by atoms with Crippen LogP contribution in [0.15, 0.2) is 60.8 Å². The molecule has 136 valence electrons. The summed E-state index contributed by atoms with van der Waals surface area (Å²) in [5.41, 5.74) is 2.65. The predicted octanol–water partition coefficient (Wildman–Crippen LogP) is 4.33. The highest BCUT2D eigenvalue weighted by Gasteiger charge is 2.45. The van der Waals surface area contributed by atoms with Crippen LogP contribution in [-0.2, 0) is 20.9 Å². The lowest BCUT2D eigenvalue weighted by atomic mass is 9.91. The zero-order valence-corrected chi connectivity index (χ0v) is 15.3. The van der Waals surface area contributed by atoms with Crippen LogP contribution < -0.4 is 0 Å². The minimum absolute atomic E-state index is 0.142. The fourth-order valence-electron chi connectivity index (χ4n) is 3.46. The minimum atomic E-state index is -3.31. The van der Waals surface area contributed by atoms with Crippen molar-refractivity contribution in [1.82, 2.24) is 4.98 Å². The van der Waals surface area contributed by atoms with Crippen LogP contribution in [0.5, 0.6) is 0 Å². The van der Waals surface area contributed by atoms with Gasteiger partial charge in [-0.1, -0.05) is 55.0 Å². The molecule has 0 bridgehead atoms. The Balaban J connectivity index is 1.72. The summed E-state index contributed by atoms with van der Waals surface area (Å²) in [7, 11) is -3.31. The summed E-state index contributed by atoms with van der Waals surface area (Å²) in [5.74, 6) is -1.23. The highest BCUT2D eigenvalue weighted by atomic mass is 31.1. The lowest BCUT2D eigenvalue weighted by molar-refractivity contribution is -0.140. The largest absolute Gasteiger partial charge is 0.480 e. The van der Waals surface area contributed by atoms with E-state index in [0.717, 1.165) is 23.7 Å². The molecule has 0 aliphatic carbocycles. The molecule has 0 spiro atoms. The summed E-state index contributed by atoms with van der Waals surface area (Å²) in [6.45, 7) is 0. The molecule has 2 aromatic carbocycles. The summed E-state index contributed by atoms with van der Waals surface area (Å²) >= 11 is 0. The van der Waals surface area contributed by atoms with Gasteiger partial charge >= 0.3 is 5.97 Å². The van der Waals surface area contributed by atoms with Crippen LogP contribution in [0, 0.1) is 0 Å². The van der Waals surface area contributed by atoms with Crippen LogP contribution in [0.1, 0.15) is 30.4 Å². The molecule has 5 nitrogen and oxygen atoms in total. The van der Waals surface area contributed by atoms with Crippen molar-refractivity contribution >= 4 is 24.9 Å². The van der Waals surface area contributed by atoms with Crippen LogP contribution >= 0.6 is 8.03 Å². The first-order valence-electron chi connectivity index (χ1n) is 8.63. The molecule has 2 atom stereocenters. The third-order valence-corrected chi connectivity index (χ3v) is 6.40. The molecule has 1 aromatic heterocycles. The van der Waals surface area contributed by atoms with Gasteiger partial charge in [0.2, 0.25) is 8.03 Å². The molecular weight excluding hydrogens is 349 g/mol. The molecule has 6 heteroatoms. The Bertz CT molecular complexity index is 906. The first-order valence-corrected chi connectivity index (χ1v) is 9.98. The molecule has 3 aromatic rings. The van der Waals surface area contributed by atoms with Gasteiger partial charge in [-0.3, -0.25) is 9.36 Å². The summed E-state index contributed by atoms with van der Waals surface area (Å²) in [6.07, 6.45) is 4.21. The molecule has 26 heavy (non-hydrogen) atoms. The highest BCUT2D eigenvalue weighted by molar-refractivity contribution is 7.41. The van der Waals surface area contributed by atoms with Crippen LogP contribution in [-0.4, -0.2) is 21.0 Å². The normalized spacial score (nSPS) is 14.8. The van der Waals surface area contributed by atoms with Crippen molar-refractivity contribution in [2.75, 3.05) is 0 Å². The molecule has 0 radical (unpaired) electrons. The number of benzene rings is 2. The van der Waals surface area contributed by atoms with E-state index in [2.05, 4.69) is 11.1 Å². The lowest BCUT2D eigenvalue weighted by Gasteiger charge is -2.27. The third-order valence-electron chi connectivity index (χ3n) is 4.92. The summed E-state index contributed by atoms with van der Waals surface area (Å²) in [6, 6.07) is 16.4. The summed E-state index contributed by atoms with van der Waals surface area (Å²) < 4.78 is 12.1. The third kappa shape index (κ3) is 3.46. The number of hydrogen-bond acceptors (Lipinski definition) is 2. The molecular formula is C20H22NO4P. The zero-order valence-electron chi connectivity index (χ0n) is 14.3. The fourth-order valence-corrected chi connectivity index (χ4v) is 4.45. The van der Waals surface area contributed by atoms with Crippen LogP contribution in [0.2, 0.25) is 0 Å². The first-order chi connectivity index (χ1) is 12.6. The average molecular weight is 371 g/mol. The molecule has 0 amide bonds. The number of para-hydroxylation sites is 1. The van der Waals surface area contributed by atoms with Crippen molar-refractivity contribution in [2.24, 2.45) is 0 Å². The van der Waals surface area contributed by atoms with E-state index >= 15 is 0 Å². The number of rotatable bonds is 8. The van der Waals surface area contributed by atoms with E-state index in [1.807, 2.05) is 24.4 Å². The second kappa shape index (κ2) is 7.90. The maximum absolute atomic E-state index is 12.1. The number of aryl methyl sites for hydroxylation is 1.